The number of ether oxygens (including phenoxy) is 1. The van der Waals surface area contributed by atoms with Crippen molar-refractivity contribution in [1.29, 1.82) is 0 Å². The number of carbonyl (C=O) groups is 3. The molecule has 0 aromatic heterocycles. The summed E-state index contributed by atoms with van der Waals surface area (Å²) in [5.41, 5.74) is 1.87. The van der Waals surface area contributed by atoms with Crippen LogP contribution in [0.3, 0.4) is 0 Å². The molecule has 0 fully saturated rings. The Labute approximate surface area is 163 Å². The molecule has 7 nitrogen and oxygen atoms in total. The van der Waals surface area contributed by atoms with Gasteiger partial charge in [0.25, 0.3) is 0 Å². The van der Waals surface area contributed by atoms with E-state index in [1.54, 1.807) is 36.4 Å². The van der Waals surface area contributed by atoms with Crippen molar-refractivity contribution in [2.75, 3.05) is 12.9 Å². The average molecular weight is 403 g/mol. The summed E-state index contributed by atoms with van der Waals surface area (Å²) >= 11 is 0. The van der Waals surface area contributed by atoms with E-state index in [1.807, 2.05) is 0 Å². The Morgan fingerprint density at radius 2 is 1.64 bits per heavy atom. The molecular formula is C20H21NO6S. The lowest BCUT2D eigenvalue weighted by Gasteiger charge is -2.07. The summed E-state index contributed by atoms with van der Waals surface area (Å²) in [5, 5.41) is 2.66. The van der Waals surface area contributed by atoms with Crippen LogP contribution in [-0.4, -0.2) is 38.9 Å². The highest BCUT2D eigenvalue weighted by atomic mass is 32.2. The van der Waals surface area contributed by atoms with Gasteiger partial charge in [-0.25, -0.2) is 13.2 Å². The monoisotopic (exact) mass is 403 g/mol. The fourth-order valence-electron chi connectivity index (χ4n) is 2.42. The Morgan fingerprint density at radius 1 is 0.964 bits per heavy atom. The number of Topliss-reactive ketones (excluding diaryl/α,β-unsaturated/α-hetero) is 1. The van der Waals surface area contributed by atoms with Gasteiger partial charge in [-0.15, -0.1) is 0 Å². The molecule has 0 saturated heterocycles. The number of nitrogens with one attached hydrogen (secondary N) is 1. The molecule has 0 saturated carbocycles. The smallest absolute Gasteiger partial charge is 0.338 e. The first-order valence-electron chi connectivity index (χ1n) is 8.44. The number of esters is 1. The molecule has 8 heteroatoms. The van der Waals surface area contributed by atoms with E-state index in [-0.39, 0.29) is 23.0 Å². The lowest BCUT2D eigenvalue weighted by molar-refractivity contribution is -0.119. The normalized spacial score (nSPS) is 10.9. The maximum atomic E-state index is 12.2. The third-order valence-corrected chi connectivity index (χ3v) is 4.60. The molecule has 28 heavy (non-hydrogen) atoms. The first kappa shape index (κ1) is 21.3. The van der Waals surface area contributed by atoms with Gasteiger partial charge in [0.05, 0.1) is 11.3 Å². The van der Waals surface area contributed by atoms with E-state index in [2.05, 4.69) is 5.32 Å². The van der Waals surface area contributed by atoms with E-state index >= 15 is 0 Å². The van der Waals surface area contributed by atoms with Gasteiger partial charge in [-0.3, -0.25) is 9.59 Å². The van der Waals surface area contributed by atoms with Crippen molar-refractivity contribution in [2.24, 2.45) is 0 Å². The lowest BCUT2D eigenvalue weighted by atomic mass is 10.1. The van der Waals surface area contributed by atoms with Gasteiger partial charge in [0.15, 0.2) is 22.2 Å². The molecule has 0 aliphatic carbocycles. The topological polar surface area (TPSA) is 107 Å². The fraction of sp³-hybridized carbons (Fsp3) is 0.250. The minimum Gasteiger partial charge on any atom is -0.454 e. The summed E-state index contributed by atoms with van der Waals surface area (Å²) in [6.07, 6.45) is 1.11. The van der Waals surface area contributed by atoms with Crippen LogP contribution in [-0.2, 0) is 31.7 Å². The molecular weight excluding hydrogens is 382 g/mol. The molecule has 0 aliphatic heterocycles. The van der Waals surface area contributed by atoms with Crippen molar-refractivity contribution >= 4 is 27.5 Å². The summed E-state index contributed by atoms with van der Waals surface area (Å²) in [7, 11) is -3.22. The summed E-state index contributed by atoms with van der Waals surface area (Å²) in [6.45, 7) is 1.35. The molecule has 2 aromatic carbocycles. The molecule has 148 valence electrons. The number of benzene rings is 2. The van der Waals surface area contributed by atoms with Crippen molar-refractivity contribution in [3.63, 3.8) is 0 Å². The maximum absolute atomic E-state index is 12.2. The number of ketones is 1. The molecule has 0 unspecified atom stereocenters. The Kier molecular flexibility index (Phi) is 7.06. The maximum Gasteiger partial charge on any atom is 0.338 e. The molecule has 2 aromatic rings. The number of rotatable bonds is 8. The second-order valence-electron chi connectivity index (χ2n) is 6.38. The van der Waals surface area contributed by atoms with Crippen LogP contribution in [0.15, 0.2) is 48.5 Å². The van der Waals surface area contributed by atoms with Gasteiger partial charge in [-0.2, -0.15) is 0 Å². The average Bonchev–Trinajstić information content (AvgIpc) is 2.63. The molecule has 0 atom stereocenters. The summed E-state index contributed by atoms with van der Waals surface area (Å²) in [4.78, 5) is 35.2. The number of hydrogen-bond donors (Lipinski definition) is 1. The van der Waals surface area contributed by atoms with E-state index < -0.39 is 22.4 Å². The van der Waals surface area contributed by atoms with E-state index in [0.29, 0.717) is 17.7 Å². The third-order valence-electron chi connectivity index (χ3n) is 3.74. The molecule has 0 heterocycles. The van der Waals surface area contributed by atoms with Gasteiger partial charge < -0.3 is 10.1 Å². The first-order valence-corrected chi connectivity index (χ1v) is 10.5. The van der Waals surface area contributed by atoms with Crippen LogP contribution < -0.4 is 5.32 Å². The zero-order valence-corrected chi connectivity index (χ0v) is 16.4. The predicted octanol–water partition coefficient (Wildman–Crippen LogP) is 1.91. The summed E-state index contributed by atoms with van der Waals surface area (Å²) in [6, 6.07) is 12.7. The summed E-state index contributed by atoms with van der Waals surface area (Å²) < 4.78 is 27.8. The number of amides is 1. The fourth-order valence-corrected chi connectivity index (χ4v) is 3.21. The predicted molar refractivity (Wildman–Crippen MR) is 104 cm³/mol. The van der Waals surface area contributed by atoms with E-state index in [0.717, 1.165) is 11.8 Å². The Balaban J connectivity index is 1.94. The second kappa shape index (κ2) is 9.27. The van der Waals surface area contributed by atoms with Crippen LogP contribution in [0.25, 0.3) is 0 Å². The van der Waals surface area contributed by atoms with Crippen LogP contribution in [0, 0.1) is 0 Å². The molecule has 0 aliphatic rings. The Morgan fingerprint density at radius 3 is 2.25 bits per heavy atom. The second-order valence-corrected chi connectivity index (χ2v) is 8.52. The van der Waals surface area contributed by atoms with Gasteiger partial charge in [0, 0.05) is 25.3 Å². The lowest BCUT2D eigenvalue weighted by Crippen LogP contribution is -2.19. The number of sulfone groups is 1. The van der Waals surface area contributed by atoms with E-state index in [4.69, 9.17) is 4.74 Å². The quantitative estimate of drug-likeness (QED) is 0.533. The van der Waals surface area contributed by atoms with E-state index in [9.17, 15) is 22.8 Å². The molecule has 0 radical (unpaired) electrons. The highest BCUT2D eigenvalue weighted by Gasteiger charge is 2.13. The highest BCUT2D eigenvalue weighted by Crippen LogP contribution is 2.11. The van der Waals surface area contributed by atoms with Gasteiger partial charge in [0.2, 0.25) is 5.91 Å². The zero-order valence-electron chi connectivity index (χ0n) is 15.6. The molecule has 1 N–H and O–H groups in total. The minimum absolute atomic E-state index is 0.146. The van der Waals surface area contributed by atoms with Gasteiger partial charge in [-0.1, -0.05) is 36.4 Å². The highest BCUT2D eigenvalue weighted by molar-refractivity contribution is 7.89. The molecule has 0 spiro atoms. The SMILES string of the molecule is CC(=O)NCc1ccc(C(=O)COC(=O)c2cccc(CS(C)(=O)=O)c2)cc1. The molecule has 2 rings (SSSR count). The Bertz CT molecular complexity index is 980. The first-order chi connectivity index (χ1) is 13.1. The van der Waals surface area contributed by atoms with Gasteiger partial charge in [-0.05, 0) is 23.3 Å². The van der Waals surface area contributed by atoms with Crippen molar-refractivity contribution in [3.8, 4) is 0 Å². The van der Waals surface area contributed by atoms with Crippen molar-refractivity contribution in [1.82, 2.24) is 5.32 Å². The zero-order chi connectivity index (χ0) is 20.7. The number of hydrogen-bond acceptors (Lipinski definition) is 6. The largest absolute Gasteiger partial charge is 0.454 e. The van der Waals surface area contributed by atoms with Crippen molar-refractivity contribution in [2.45, 2.75) is 19.2 Å². The summed E-state index contributed by atoms with van der Waals surface area (Å²) in [5.74, 6) is -1.40. The van der Waals surface area contributed by atoms with Crippen LogP contribution in [0.4, 0.5) is 0 Å². The van der Waals surface area contributed by atoms with Crippen molar-refractivity contribution in [3.05, 3.63) is 70.8 Å². The standard InChI is InChI=1S/C20H21NO6S/c1-14(22)21-11-15-6-8-17(9-7-15)19(23)12-27-20(24)18-5-3-4-16(10-18)13-28(2,25)26/h3-10H,11-13H2,1-2H3,(H,21,22). The minimum atomic E-state index is -3.22. The van der Waals surface area contributed by atoms with Crippen LogP contribution in [0.5, 0.6) is 0 Å². The Hall–Kier alpha value is -3.00. The third kappa shape index (κ3) is 6.96. The number of carbonyl (C=O) groups excluding carboxylic acids is 3. The molecule has 0 bridgehead atoms. The van der Waals surface area contributed by atoms with Crippen LogP contribution in [0.1, 0.15) is 38.8 Å². The van der Waals surface area contributed by atoms with Crippen LogP contribution >= 0.6 is 0 Å². The van der Waals surface area contributed by atoms with Crippen molar-refractivity contribution < 1.29 is 27.5 Å². The molecule has 1 amide bonds. The van der Waals surface area contributed by atoms with Crippen LogP contribution in [0.2, 0.25) is 0 Å². The van der Waals surface area contributed by atoms with E-state index in [1.165, 1.54) is 19.1 Å². The van der Waals surface area contributed by atoms with Gasteiger partial charge in [0.1, 0.15) is 0 Å². The van der Waals surface area contributed by atoms with Gasteiger partial charge >= 0.3 is 5.97 Å².